The minimum absolute atomic E-state index is 0.0671. The number of halogens is 4. The summed E-state index contributed by atoms with van der Waals surface area (Å²) in [6, 6.07) is 2.72. The first kappa shape index (κ1) is 19.5. The van der Waals surface area contributed by atoms with Crippen molar-refractivity contribution in [1.29, 1.82) is 0 Å². The van der Waals surface area contributed by atoms with Gasteiger partial charge in [-0.15, -0.1) is 0 Å². The normalized spacial score (nSPS) is 11.8. The Balaban J connectivity index is 2.18. The molecule has 9 heteroatoms. The molecule has 2 rings (SSSR count). The second-order valence-corrected chi connectivity index (χ2v) is 5.60. The Morgan fingerprint density at radius 2 is 2.12 bits per heavy atom. The number of amides is 2. The monoisotopic (exact) mass is 370 g/mol. The maximum atomic E-state index is 14.1. The molecule has 0 aliphatic carbocycles. The molecule has 0 bridgehead atoms. The molecule has 2 aromatic rings. The van der Waals surface area contributed by atoms with Crippen molar-refractivity contribution in [3.63, 3.8) is 0 Å². The van der Waals surface area contributed by atoms with Crippen LogP contribution in [-0.2, 0) is 0 Å². The van der Waals surface area contributed by atoms with Crippen molar-refractivity contribution in [1.82, 2.24) is 14.7 Å². The molecule has 1 aromatic heterocycles. The number of carbonyl (C=O) groups excluding carboxylic acids is 1. The number of hydrogen-bond donors (Lipinski definition) is 1. The van der Waals surface area contributed by atoms with Crippen LogP contribution in [0.25, 0.3) is 11.8 Å². The van der Waals surface area contributed by atoms with Gasteiger partial charge in [-0.25, -0.2) is 13.9 Å². The van der Waals surface area contributed by atoms with Gasteiger partial charge in [0.1, 0.15) is 18.0 Å². The number of allylic oxidation sites excluding steroid dienone is 1. The molecule has 0 aliphatic heterocycles. The number of carbonyl (C=O) groups is 1. The lowest BCUT2D eigenvalue weighted by molar-refractivity contribution is -0.137. The number of nitrogens with zero attached hydrogens (tertiary/aromatic N) is 3. The van der Waals surface area contributed by atoms with Gasteiger partial charge in [0.2, 0.25) is 0 Å². The van der Waals surface area contributed by atoms with Crippen LogP contribution in [0.3, 0.4) is 0 Å². The van der Waals surface area contributed by atoms with Gasteiger partial charge in [0.05, 0.1) is 6.20 Å². The zero-order valence-electron chi connectivity index (χ0n) is 14.2. The third-order valence-corrected chi connectivity index (χ3v) is 3.36. The third-order valence-electron chi connectivity index (χ3n) is 3.36. The first-order chi connectivity index (χ1) is 12.2. The smallest absolute Gasteiger partial charge is 0.318 e. The van der Waals surface area contributed by atoms with Crippen LogP contribution in [0, 0.1) is 5.82 Å². The molecular weight excluding hydrogens is 352 g/mol. The zero-order chi connectivity index (χ0) is 19.3. The minimum atomic E-state index is -4.50. The molecule has 1 heterocycles. The summed E-state index contributed by atoms with van der Waals surface area (Å²) in [7, 11) is 1.02. The van der Waals surface area contributed by atoms with Gasteiger partial charge in [-0.3, -0.25) is 0 Å². The molecule has 5 nitrogen and oxygen atoms in total. The Morgan fingerprint density at radius 1 is 1.38 bits per heavy atom. The van der Waals surface area contributed by atoms with Crippen LogP contribution in [-0.4, -0.2) is 40.5 Å². The van der Waals surface area contributed by atoms with Gasteiger partial charge < -0.3 is 10.2 Å². The van der Waals surface area contributed by atoms with Crippen LogP contribution in [0.2, 0.25) is 0 Å². The Labute approximate surface area is 147 Å². The predicted octanol–water partition coefficient (Wildman–Crippen LogP) is 4.46. The fraction of sp³-hybridized carbons (Fsp3) is 0.294. The number of alkyl halides is 3. The first-order valence-corrected chi connectivity index (χ1v) is 7.79. The van der Waals surface area contributed by atoms with E-state index in [0.717, 1.165) is 25.1 Å². The lowest BCUT2D eigenvalue weighted by Gasteiger charge is -2.19. The topological polar surface area (TPSA) is 50.2 Å². The minimum Gasteiger partial charge on any atom is -0.318 e. The Hall–Kier alpha value is -2.84. The number of hydrogen-bond acceptors (Lipinski definition) is 2. The van der Waals surface area contributed by atoms with E-state index in [-0.39, 0.29) is 11.4 Å². The van der Waals surface area contributed by atoms with Crippen molar-refractivity contribution in [2.24, 2.45) is 0 Å². The zero-order valence-corrected chi connectivity index (χ0v) is 14.2. The fourth-order valence-electron chi connectivity index (χ4n) is 2.13. The van der Waals surface area contributed by atoms with Gasteiger partial charge in [-0.2, -0.15) is 18.3 Å². The summed E-state index contributed by atoms with van der Waals surface area (Å²) in [5.41, 5.74) is 0.990. The number of nitrogens with one attached hydrogen (secondary N) is 1. The summed E-state index contributed by atoms with van der Waals surface area (Å²) in [4.78, 5) is 12.3. The van der Waals surface area contributed by atoms with E-state index in [2.05, 4.69) is 10.4 Å². The summed E-state index contributed by atoms with van der Waals surface area (Å²) in [6.45, 7) is 0.585. The Morgan fingerprint density at radius 3 is 2.77 bits per heavy atom. The van der Waals surface area contributed by atoms with Gasteiger partial charge in [-0.1, -0.05) is 19.1 Å². The number of urea groups is 1. The highest BCUT2D eigenvalue weighted by Crippen LogP contribution is 2.20. The molecule has 26 heavy (non-hydrogen) atoms. The summed E-state index contributed by atoms with van der Waals surface area (Å²) in [5, 5.41) is 6.37. The number of rotatable bonds is 5. The molecule has 0 spiro atoms. The molecule has 140 valence electrons. The fourth-order valence-corrected chi connectivity index (χ4v) is 2.13. The summed E-state index contributed by atoms with van der Waals surface area (Å²) in [5.74, 6) is -0.583. The summed E-state index contributed by atoms with van der Waals surface area (Å²) in [6.07, 6.45) is 3.24. The third kappa shape index (κ3) is 5.33. The van der Waals surface area contributed by atoms with Gasteiger partial charge in [0.15, 0.2) is 0 Å². The van der Waals surface area contributed by atoms with Crippen molar-refractivity contribution in [2.45, 2.75) is 19.5 Å². The standard InChI is InChI=1S/C17H18F4N4O/c1-3-4-5-12-9-22-25(10-12)15-8-13(6-7-14(15)18)23-16(26)24(2)11-17(19,20)21/h4-10H,3,11H2,1-2H3,(H,23,26)/b5-4+. The van der Waals surface area contributed by atoms with Crippen molar-refractivity contribution in [3.05, 3.63) is 48.0 Å². The quantitative estimate of drug-likeness (QED) is 0.790. The lowest BCUT2D eigenvalue weighted by Crippen LogP contribution is -2.38. The SMILES string of the molecule is CC/C=C/c1cnn(-c2cc(NC(=O)N(C)CC(F)(F)F)ccc2F)c1. The Bertz CT molecular complexity index is 798. The Kier molecular flexibility index (Phi) is 6.01. The van der Waals surface area contributed by atoms with Crippen molar-refractivity contribution >= 4 is 17.8 Å². The summed E-state index contributed by atoms with van der Waals surface area (Å²) >= 11 is 0. The van der Waals surface area contributed by atoms with Gasteiger partial charge in [-0.05, 0) is 24.6 Å². The molecule has 0 unspecified atom stereocenters. The highest BCUT2D eigenvalue weighted by atomic mass is 19.4. The van der Waals surface area contributed by atoms with Crippen molar-refractivity contribution in [2.75, 3.05) is 18.9 Å². The van der Waals surface area contributed by atoms with Crippen LogP contribution in [0.15, 0.2) is 36.7 Å². The molecule has 1 aromatic carbocycles. The molecule has 2 amide bonds. The van der Waals surface area contributed by atoms with E-state index >= 15 is 0 Å². The van der Waals surface area contributed by atoms with Crippen LogP contribution >= 0.6 is 0 Å². The number of anilines is 1. The van der Waals surface area contributed by atoms with Crippen LogP contribution in [0.5, 0.6) is 0 Å². The molecule has 1 N–H and O–H groups in total. The van der Waals surface area contributed by atoms with Crippen molar-refractivity contribution < 1.29 is 22.4 Å². The second kappa shape index (κ2) is 8.03. The van der Waals surface area contributed by atoms with E-state index < -0.39 is 24.6 Å². The molecule has 0 atom stereocenters. The summed E-state index contributed by atoms with van der Waals surface area (Å²) < 4.78 is 52.4. The van der Waals surface area contributed by atoms with Gasteiger partial charge in [0, 0.05) is 24.5 Å². The lowest BCUT2D eigenvalue weighted by atomic mass is 10.2. The van der Waals surface area contributed by atoms with E-state index in [4.69, 9.17) is 0 Å². The van der Waals surface area contributed by atoms with Crippen LogP contribution in [0.1, 0.15) is 18.9 Å². The first-order valence-electron chi connectivity index (χ1n) is 7.79. The molecule has 0 aliphatic rings. The van der Waals surface area contributed by atoms with Gasteiger partial charge in [0.25, 0.3) is 0 Å². The van der Waals surface area contributed by atoms with E-state index in [1.54, 1.807) is 12.4 Å². The van der Waals surface area contributed by atoms with Gasteiger partial charge >= 0.3 is 12.2 Å². The van der Waals surface area contributed by atoms with E-state index in [9.17, 15) is 22.4 Å². The molecule has 0 saturated carbocycles. The average Bonchev–Trinajstić information content (AvgIpc) is 3.01. The van der Waals surface area contributed by atoms with Crippen LogP contribution < -0.4 is 5.32 Å². The number of aromatic nitrogens is 2. The highest BCUT2D eigenvalue weighted by Gasteiger charge is 2.31. The number of benzene rings is 1. The van der Waals surface area contributed by atoms with Crippen LogP contribution in [0.4, 0.5) is 28.0 Å². The largest absolute Gasteiger partial charge is 0.406 e. The molecule has 0 fully saturated rings. The highest BCUT2D eigenvalue weighted by molar-refractivity contribution is 5.89. The molecular formula is C17H18F4N4O. The van der Waals surface area contributed by atoms with Crippen molar-refractivity contribution in [3.8, 4) is 5.69 Å². The predicted molar refractivity (Wildman–Crippen MR) is 90.6 cm³/mol. The molecule has 0 radical (unpaired) electrons. The van der Waals surface area contributed by atoms with E-state index in [1.807, 2.05) is 19.1 Å². The molecule has 0 saturated heterocycles. The maximum absolute atomic E-state index is 14.1. The van der Waals surface area contributed by atoms with E-state index in [0.29, 0.717) is 4.90 Å². The second-order valence-electron chi connectivity index (χ2n) is 5.60. The van der Waals surface area contributed by atoms with E-state index in [1.165, 1.54) is 16.8 Å². The maximum Gasteiger partial charge on any atom is 0.406 e. The average molecular weight is 370 g/mol.